The Bertz CT molecular complexity index is 1850. The summed E-state index contributed by atoms with van der Waals surface area (Å²) >= 11 is 0. The molecule has 0 spiro atoms. The molecule has 0 aliphatic carbocycles. The highest BCUT2D eigenvalue weighted by Crippen LogP contribution is 2.24. The lowest BCUT2D eigenvalue weighted by Crippen LogP contribution is -2.57. The Hall–Kier alpha value is -5.30. The number of nitrogens with zero attached hydrogens (tertiary/aromatic N) is 3. The van der Waals surface area contributed by atoms with Crippen LogP contribution in [0.4, 0.5) is 4.79 Å². The fourth-order valence-electron chi connectivity index (χ4n) is 6.30. The molecule has 1 aromatic heterocycles. The molecule has 2 unspecified atom stereocenters. The van der Waals surface area contributed by atoms with Gasteiger partial charge >= 0.3 is 6.03 Å². The lowest BCUT2D eigenvalue weighted by atomic mass is 10.0. The van der Waals surface area contributed by atoms with Gasteiger partial charge in [-0.2, -0.15) is 0 Å². The molecule has 0 saturated heterocycles. The molecule has 3 atom stereocenters. The summed E-state index contributed by atoms with van der Waals surface area (Å²) in [5.74, 6) is -0.120. The van der Waals surface area contributed by atoms with Crippen LogP contribution in [0.15, 0.2) is 104 Å². The smallest absolute Gasteiger partial charge is 0.329 e. The Labute approximate surface area is 331 Å². The number of pyridine rings is 1. The first kappa shape index (κ1) is 43.4. The standard InChI is InChI=1S/C44H58N6O6/c1-9-27-49(48-43(53)46-31(4)34-17-13-12-14-18-34)30-39(51)47-38(28-33-22-24-37(25-23-33)56-44(6,7)8)41(52)50(32(5)42(54-10-2)55-11-3)29-36-20-15-19-35-21-16-26-45-40(35)36/h9,12-26,31-32,38,42H,1,10-11,27-30H2,2-8H3,(H,47,51)(H2,46,48,53)/t31-,32?,38?/m0/s1. The number of urea groups is 1. The molecule has 12 nitrogen and oxygen atoms in total. The van der Waals surface area contributed by atoms with Crippen LogP contribution >= 0.6 is 0 Å². The fraction of sp³-hybridized carbons (Fsp3) is 0.409. The Morgan fingerprint density at radius 1 is 0.875 bits per heavy atom. The third-order valence-electron chi connectivity index (χ3n) is 8.90. The summed E-state index contributed by atoms with van der Waals surface area (Å²) in [6.07, 6.45) is 2.76. The van der Waals surface area contributed by atoms with E-state index >= 15 is 4.79 Å². The molecule has 0 aliphatic heterocycles. The molecule has 300 valence electrons. The Kier molecular flexibility index (Phi) is 16.4. The van der Waals surface area contributed by atoms with Gasteiger partial charge in [0.05, 0.1) is 24.1 Å². The van der Waals surface area contributed by atoms with Crippen LogP contribution in [0.3, 0.4) is 0 Å². The molecular weight excluding hydrogens is 709 g/mol. The van der Waals surface area contributed by atoms with Crippen molar-refractivity contribution in [1.29, 1.82) is 0 Å². The minimum absolute atomic E-state index is 0.176. The number of rotatable bonds is 20. The number of nitrogens with one attached hydrogen (secondary N) is 3. The maximum atomic E-state index is 15.0. The van der Waals surface area contributed by atoms with Gasteiger partial charge < -0.3 is 29.7 Å². The molecule has 0 saturated carbocycles. The Morgan fingerprint density at radius 3 is 2.20 bits per heavy atom. The number of hydrazine groups is 1. The summed E-state index contributed by atoms with van der Waals surface area (Å²) in [6, 6.07) is 24.5. The van der Waals surface area contributed by atoms with Gasteiger partial charge in [0.15, 0.2) is 6.29 Å². The Morgan fingerprint density at radius 2 is 1.55 bits per heavy atom. The van der Waals surface area contributed by atoms with Crippen LogP contribution in [0.2, 0.25) is 0 Å². The summed E-state index contributed by atoms with van der Waals surface area (Å²) in [6.45, 7) is 18.1. The van der Waals surface area contributed by atoms with Gasteiger partial charge in [-0.25, -0.2) is 9.80 Å². The monoisotopic (exact) mass is 766 g/mol. The van der Waals surface area contributed by atoms with Gasteiger partial charge in [-0.05, 0) is 83.4 Å². The van der Waals surface area contributed by atoms with E-state index in [1.165, 1.54) is 5.01 Å². The van der Waals surface area contributed by atoms with Crippen molar-refractivity contribution in [2.24, 2.45) is 0 Å². The molecule has 1 heterocycles. The number of carbonyl (C=O) groups is 3. The maximum absolute atomic E-state index is 15.0. The molecule has 0 radical (unpaired) electrons. The minimum atomic E-state index is -1.01. The summed E-state index contributed by atoms with van der Waals surface area (Å²) < 4.78 is 18.1. The second-order valence-corrected chi connectivity index (χ2v) is 14.5. The number of hydrogen-bond acceptors (Lipinski definition) is 8. The first-order valence-corrected chi connectivity index (χ1v) is 19.2. The van der Waals surface area contributed by atoms with Crippen molar-refractivity contribution in [3.63, 3.8) is 0 Å². The normalized spacial score (nSPS) is 13.2. The number of amides is 4. The maximum Gasteiger partial charge on any atom is 0.329 e. The van der Waals surface area contributed by atoms with E-state index in [-0.39, 0.29) is 43.6 Å². The largest absolute Gasteiger partial charge is 0.488 e. The van der Waals surface area contributed by atoms with Gasteiger partial charge in [-0.15, -0.1) is 6.58 Å². The van der Waals surface area contributed by atoms with Gasteiger partial charge in [0.1, 0.15) is 17.4 Å². The highest BCUT2D eigenvalue weighted by atomic mass is 16.7. The molecule has 56 heavy (non-hydrogen) atoms. The topological polar surface area (TPSA) is 134 Å². The summed E-state index contributed by atoms with van der Waals surface area (Å²) in [7, 11) is 0. The molecule has 0 fully saturated rings. The fourth-order valence-corrected chi connectivity index (χ4v) is 6.30. The lowest BCUT2D eigenvalue weighted by molar-refractivity contribution is -0.179. The second-order valence-electron chi connectivity index (χ2n) is 14.5. The molecule has 4 aromatic rings. The van der Waals surface area contributed by atoms with Crippen LogP contribution < -0.4 is 20.8 Å². The van der Waals surface area contributed by atoms with E-state index in [4.69, 9.17) is 14.2 Å². The van der Waals surface area contributed by atoms with Crippen molar-refractivity contribution in [2.45, 2.75) is 91.4 Å². The molecule has 3 aromatic carbocycles. The van der Waals surface area contributed by atoms with E-state index in [1.807, 2.05) is 133 Å². The number of aromatic nitrogens is 1. The van der Waals surface area contributed by atoms with E-state index in [0.29, 0.717) is 19.0 Å². The molecule has 4 rings (SSSR count). The van der Waals surface area contributed by atoms with E-state index in [0.717, 1.165) is 27.6 Å². The predicted octanol–water partition coefficient (Wildman–Crippen LogP) is 6.72. The van der Waals surface area contributed by atoms with E-state index < -0.39 is 30.3 Å². The number of fused-ring (bicyclic) bond motifs is 1. The van der Waals surface area contributed by atoms with Gasteiger partial charge in [0.2, 0.25) is 11.8 Å². The zero-order valence-electron chi connectivity index (χ0n) is 33.8. The van der Waals surface area contributed by atoms with E-state index in [1.54, 1.807) is 17.2 Å². The van der Waals surface area contributed by atoms with Crippen LogP contribution in [0, 0.1) is 0 Å². The first-order valence-electron chi connectivity index (χ1n) is 19.2. The molecule has 12 heteroatoms. The third-order valence-corrected chi connectivity index (χ3v) is 8.90. The second kappa shape index (κ2) is 21.1. The van der Waals surface area contributed by atoms with Crippen LogP contribution in [0.5, 0.6) is 5.75 Å². The van der Waals surface area contributed by atoms with E-state index in [2.05, 4.69) is 27.6 Å². The average molecular weight is 767 g/mol. The van der Waals surface area contributed by atoms with Crippen molar-refractivity contribution >= 4 is 28.7 Å². The summed E-state index contributed by atoms with van der Waals surface area (Å²) in [5.41, 5.74) is 5.72. The number of carbonyl (C=O) groups excluding carboxylic acids is 3. The van der Waals surface area contributed by atoms with Crippen molar-refractivity contribution in [3.05, 3.63) is 120 Å². The molecule has 3 N–H and O–H groups in total. The lowest BCUT2D eigenvalue weighted by Gasteiger charge is -2.37. The minimum Gasteiger partial charge on any atom is -0.488 e. The predicted molar refractivity (Wildman–Crippen MR) is 220 cm³/mol. The zero-order valence-corrected chi connectivity index (χ0v) is 33.8. The van der Waals surface area contributed by atoms with Crippen molar-refractivity contribution in [3.8, 4) is 5.75 Å². The van der Waals surface area contributed by atoms with Gasteiger partial charge in [-0.1, -0.05) is 72.8 Å². The number of hydrogen-bond donors (Lipinski definition) is 3. The van der Waals surface area contributed by atoms with Gasteiger partial charge in [0.25, 0.3) is 0 Å². The van der Waals surface area contributed by atoms with Crippen molar-refractivity contribution < 1.29 is 28.6 Å². The number of benzene rings is 3. The van der Waals surface area contributed by atoms with E-state index in [9.17, 15) is 9.59 Å². The summed E-state index contributed by atoms with van der Waals surface area (Å²) in [4.78, 5) is 48.3. The van der Waals surface area contributed by atoms with Crippen LogP contribution in [0.1, 0.15) is 71.2 Å². The molecule has 0 aliphatic rings. The number of para-hydroxylation sites is 1. The SMILES string of the molecule is C=CCN(CC(=O)NC(Cc1ccc(OC(C)(C)C)cc1)C(=O)N(Cc1cccc2cccnc12)C(C)C(OCC)OCC)NC(=O)N[C@@H](C)c1ccccc1. The van der Waals surface area contributed by atoms with Crippen molar-refractivity contribution in [1.82, 2.24) is 31.0 Å². The third kappa shape index (κ3) is 13.2. The first-order chi connectivity index (χ1) is 26.8. The van der Waals surface area contributed by atoms with Crippen LogP contribution in [-0.2, 0) is 32.0 Å². The van der Waals surface area contributed by atoms with Crippen molar-refractivity contribution in [2.75, 3.05) is 26.3 Å². The summed E-state index contributed by atoms with van der Waals surface area (Å²) in [5, 5.41) is 8.29. The quantitative estimate of drug-likeness (QED) is 0.0513. The number of ether oxygens (including phenoxy) is 3. The van der Waals surface area contributed by atoms with Gasteiger partial charge in [0, 0.05) is 44.3 Å². The van der Waals surface area contributed by atoms with Crippen LogP contribution in [-0.4, -0.2) is 83.0 Å². The molecular formula is C44H58N6O6. The van der Waals surface area contributed by atoms with Gasteiger partial charge in [-0.3, -0.25) is 20.0 Å². The van der Waals surface area contributed by atoms with Crippen LogP contribution in [0.25, 0.3) is 10.9 Å². The highest BCUT2D eigenvalue weighted by molar-refractivity contribution is 5.89. The molecule has 4 amide bonds. The zero-order chi connectivity index (χ0) is 40.7. The molecule has 0 bridgehead atoms. The highest BCUT2D eigenvalue weighted by Gasteiger charge is 2.34. The average Bonchev–Trinajstić information content (AvgIpc) is 3.16. The Balaban J connectivity index is 1.64.